The third-order valence-electron chi connectivity index (χ3n) is 6.31. The van der Waals surface area contributed by atoms with Crippen molar-refractivity contribution < 1.29 is 19.0 Å². The van der Waals surface area contributed by atoms with Crippen LogP contribution in [0.25, 0.3) is 11.3 Å². The molecule has 1 aromatic heterocycles. The fraction of sp³-hybridized carbons (Fsp3) is 0.370. The Bertz CT molecular complexity index is 1140. The van der Waals surface area contributed by atoms with Crippen LogP contribution in [-0.2, 0) is 11.2 Å². The lowest BCUT2D eigenvalue weighted by atomic mass is 9.97. The van der Waals surface area contributed by atoms with Crippen molar-refractivity contribution in [3.8, 4) is 28.5 Å². The first-order valence-corrected chi connectivity index (χ1v) is 11.8. The van der Waals surface area contributed by atoms with E-state index >= 15 is 0 Å². The highest BCUT2D eigenvalue weighted by atomic mass is 16.5. The summed E-state index contributed by atoms with van der Waals surface area (Å²) in [5.74, 6) is 2.93. The smallest absolute Gasteiger partial charge is 0.224 e. The second-order valence-corrected chi connectivity index (χ2v) is 8.49. The Labute approximate surface area is 206 Å². The van der Waals surface area contributed by atoms with Gasteiger partial charge in [0.1, 0.15) is 5.75 Å². The largest absolute Gasteiger partial charge is 0.496 e. The number of rotatable bonds is 9. The average Bonchev–Trinajstić information content (AvgIpc) is 2.93. The minimum Gasteiger partial charge on any atom is -0.496 e. The summed E-state index contributed by atoms with van der Waals surface area (Å²) in [7, 11) is 4.88. The highest BCUT2D eigenvalue weighted by molar-refractivity contribution is 5.79. The Hall–Kier alpha value is -3.81. The third-order valence-corrected chi connectivity index (χ3v) is 6.31. The summed E-state index contributed by atoms with van der Waals surface area (Å²) in [4.78, 5) is 15.0. The van der Waals surface area contributed by atoms with Gasteiger partial charge in [-0.2, -0.15) is 0 Å². The Kier molecular flexibility index (Phi) is 8.03. The molecule has 1 aliphatic rings. The van der Waals surface area contributed by atoms with Gasteiger partial charge in [0.25, 0.3) is 0 Å². The average molecular weight is 477 g/mol. The van der Waals surface area contributed by atoms with E-state index in [1.807, 2.05) is 54.6 Å². The molecule has 0 spiro atoms. The number of hydrogen-bond donors (Lipinski definition) is 1. The monoisotopic (exact) mass is 476 g/mol. The lowest BCUT2D eigenvalue weighted by Crippen LogP contribution is -2.43. The van der Waals surface area contributed by atoms with Gasteiger partial charge in [0.2, 0.25) is 5.91 Å². The highest BCUT2D eigenvalue weighted by Gasteiger charge is 2.26. The number of benzene rings is 2. The number of carbonyl (C=O) groups is 1. The van der Waals surface area contributed by atoms with Crippen LogP contribution in [-0.4, -0.2) is 57.1 Å². The number of hydrogen-bond acceptors (Lipinski definition) is 7. The fourth-order valence-corrected chi connectivity index (χ4v) is 4.40. The van der Waals surface area contributed by atoms with E-state index in [2.05, 4.69) is 20.4 Å². The first-order chi connectivity index (χ1) is 17.1. The van der Waals surface area contributed by atoms with Gasteiger partial charge in [-0.25, -0.2) is 0 Å². The molecule has 2 heterocycles. The number of piperidine rings is 1. The molecule has 184 valence electrons. The Morgan fingerprint density at radius 1 is 0.971 bits per heavy atom. The van der Waals surface area contributed by atoms with Crippen molar-refractivity contribution in [1.29, 1.82) is 0 Å². The van der Waals surface area contributed by atoms with Crippen LogP contribution in [0.5, 0.6) is 17.2 Å². The van der Waals surface area contributed by atoms with Gasteiger partial charge in [0.05, 0.1) is 32.9 Å². The molecule has 8 heteroatoms. The summed E-state index contributed by atoms with van der Waals surface area (Å²) in [6.07, 6.45) is 2.52. The number of ether oxygens (including phenoxy) is 3. The number of methoxy groups -OCH3 is 3. The van der Waals surface area contributed by atoms with Crippen molar-refractivity contribution in [3.63, 3.8) is 0 Å². The molecular weight excluding hydrogens is 444 g/mol. The molecule has 35 heavy (non-hydrogen) atoms. The molecule has 1 amide bonds. The van der Waals surface area contributed by atoms with Crippen LogP contribution in [0.1, 0.15) is 18.4 Å². The summed E-state index contributed by atoms with van der Waals surface area (Å²) < 4.78 is 16.1. The van der Waals surface area contributed by atoms with Crippen molar-refractivity contribution >= 4 is 11.7 Å². The van der Waals surface area contributed by atoms with E-state index in [-0.39, 0.29) is 11.8 Å². The molecule has 4 rings (SSSR count). The second-order valence-electron chi connectivity index (χ2n) is 8.49. The zero-order valence-corrected chi connectivity index (χ0v) is 20.5. The maximum Gasteiger partial charge on any atom is 0.224 e. The Morgan fingerprint density at radius 3 is 2.51 bits per heavy atom. The standard InChI is InChI=1S/C27H32N4O4/c1-33-23-9-5-4-8-21(23)22-11-13-26(30-29-22)31-16-6-7-20(18-31)27(32)28-15-14-19-10-12-24(34-2)25(17-19)35-3/h4-5,8-13,17,20H,6-7,14-16,18H2,1-3H3,(H,28,32). The normalized spacial score (nSPS) is 15.4. The third kappa shape index (κ3) is 5.82. The number of nitrogens with one attached hydrogen (secondary N) is 1. The van der Waals surface area contributed by atoms with Crippen LogP contribution in [0.2, 0.25) is 0 Å². The molecule has 1 saturated heterocycles. The van der Waals surface area contributed by atoms with Gasteiger partial charge in [0.15, 0.2) is 17.3 Å². The molecule has 0 saturated carbocycles. The fourth-order valence-electron chi connectivity index (χ4n) is 4.40. The summed E-state index contributed by atoms with van der Waals surface area (Å²) >= 11 is 0. The molecule has 1 fully saturated rings. The van der Waals surface area contributed by atoms with Crippen LogP contribution >= 0.6 is 0 Å². The number of carbonyl (C=O) groups excluding carboxylic acids is 1. The van der Waals surface area contributed by atoms with Crippen molar-refractivity contribution in [2.75, 3.05) is 45.9 Å². The van der Waals surface area contributed by atoms with Gasteiger partial charge in [0, 0.05) is 25.2 Å². The predicted octanol–water partition coefficient (Wildman–Crippen LogP) is 3.74. The van der Waals surface area contributed by atoms with E-state index < -0.39 is 0 Å². The van der Waals surface area contributed by atoms with Crippen molar-refractivity contribution in [1.82, 2.24) is 15.5 Å². The highest BCUT2D eigenvalue weighted by Crippen LogP contribution is 2.29. The maximum atomic E-state index is 12.9. The predicted molar refractivity (Wildman–Crippen MR) is 135 cm³/mol. The lowest BCUT2D eigenvalue weighted by molar-refractivity contribution is -0.125. The van der Waals surface area contributed by atoms with Crippen LogP contribution in [0.15, 0.2) is 54.6 Å². The van der Waals surface area contributed by atoms with Gasteiger partial charge in [-0.1, -0.05) is 18.2 Å². The molecule has 3 aromatic rings. The van der Waals surface area contributed by atoms with Crippen molar-refractivity contribution in [3.05, 3.63) is 60.2 Å². The molecule has 1 N–H and O–H groups in total. The van der Waals surface area contributed by atoms with Gasteiger partial charge in [-0.3, -0.25) is 4.79 Å². The molecule has 0 aliphatic carbocycles. The number of para-hydroxylation sites is 1. The maximum absolute atomic E-state index is 12.9. The number of amides is 1. The number of nitrogens with zero attached hydrogens (tertiary/aromatic N) is 3. The Morgan fingerprint density at radius 2 is 1.77 bits per heavy atom. The van der Waals surface area contributed by atoms with Gasteiger partial charge in [-0.15, -0.1) is 10.2 Å². The summed E-state index contributed by atoms with van der Waals surface area (Å²) in [5, 5.41) is 12.0. The zero-order chi connectivity index (χ0) is 24.6. The van der Waals surface area contributed by atoms with E-state index in [1.54, 1.807) is 21.3 Å². The first kappa shape index (κ1) is 24.3. The molecule has 2 aromatic carbocycles. The summed E-state index contributed by atoms with van der Waals surface area (Å²) in [6, 6.07) is 17.5. The summed E-state index contributed by atoms with van der Waals surface area (Å²) in [5.41, 5.74) is 2.74. The Balaban J connectivity index is 1.32. The molecule has 1 unspecified atom stereocenters. The lowest BCUT2D eigenvalue weighted by Gasteiger charge is -2.32. The summed E-state index contributed by atoms with van der Waals surface area (Å²) in [6.45, 7) is 2.06. The molecule has 0 bridgehead atoms. The van der Waals surface area contributed by atoms with Crippen LogP contribution in [0, 0.1) is 5.92 Å². The minimum atomic E-state index is -0.0788. The number of anilines is 1. The first-order valence-electron chi connectivity index (χ1n) is 11.8. The van der Waals surface area contributed by atoms with Crippen LogP contribution < -0.4 is 24.4 Å². The van der Waals surface area contributed by atoms with E-state index in [0.717, 1.165) is 54.2 Å². The SMILES string of the molecule is COc1ccc(CCNC(=O)C2CCCN(c3ccc(-c4ccccc4OC)nn3)C2)cc1OC. The van der Waals surface area contributed by atoms with Gasteiger partial charge in [-0.05, 0) is 61.2 Å². The van der Waals surface area contributed by atoms with E-state index in [1.165, 1.54) is 0 Å². The second kappa shape index (κ2) is 11.6. The molecule has 1 atom stereocenters. The van der Waals surface area contributed by atoms with Crippen molar-refractivity contribution in [2.24, 2.45) is 5.92 Å². The molecule has 1 aliphatic heterocycles. The molecule has 0 radical (unpaired) electrons. The van der Waals surface area contributed by atoms with Crippen LogP contribution in [0.3, 0.4) is 0 Å². The van der Waals surface area contributed by atoms with E-state index in [9.17, 15) is 4.79 Å². The topological polar surface area (TPSA) is 85.8 Å². The quantitative estimate of drug-likeness (QED) is 0.503. The van der Waals surface area contributed by atoms with Gasteiger partial charge >= 0.3 is 0 Å². The van der Waals surface area contributed by atoms with Crippen molar-refractivity contribution in [2.45, 2.75) is 19.3 Å². The molecule has 8 nitrogen and oxygen atoms in total. The van der Waals surface area contributed by atoms with Gasteiger partial charge < -0.3 is 24.4 Å². The minimum absolute atomic E-state index is 0.0776. The van der Waals surface area contributed by atoms with Crippen LogP contribution in [0.4, 0.5) is 5.82 Å². The zero-order valence-electron chi connectivity index (χ0n) is 20.5. The molecular formula is C27H32N4O4. The van der Waals surface area contributed by atoms with E-state index in [4.69, 9.17) is 14.2 Å². The number of aromatic nitrogens is 2. The van der Waals surface area contributed by atoms with E-state index in [0.29, 0.717) is 24.6 Å².